The van der Waals surface area contributed by atoms with E-state index < -0.39 is 10.0 Å². The molecular weight excluding hydrogens is 322 g/mol. The van der Waals surface area contributed by atoms with Gasteiger partial charge in [-0.15, -0.1) is 12.4 Å². The van der Waals surface area contributed by atoms with Crippen molar-refractivity contribution in [1.82, 2.24) is 8.87 Å². The van der Waals surface area contributed by atoms with Crippen LogP contribution < -0.4 is 5.73 Å². The van der Waals surface area contributed by atoms with Crippen molar-refractivity contribution in [3.8, 4) is 0 Å². The Bertz CT molecular complexity index is 785. The van der Waals surface area contributed by atoms with Gasteiger partial charge in [0.2, 0.25) is 10.0 Å². The number of aromatic nitrogens is 1. The molecular formula is C15H22ClN3O2S. The van der Waals surface area contributed by atoms with E-state index in [1.807, 2.05) is 42.8 Å². The Morgan fingerprint density at radius 1 is 1.32 bits per heavy atom. The molecule has 0 saturated carbocycles. The molecule has 1 aliphatic heterocycles. The number of benzene rings is 1. The second kappa shape index (κ2) is 6.20. The van der Waals surface area contributed by atoms with Crippen LogP contribution in [0.2, 0.25) is 0 Å². The number of nitrogens with zero attached hydrogens (tertiary/aromatic N) is 2. The Morgan fingerprint density at radius 3 is 2.68 bits per heavy atom. The molecule has 7 heteroatoms. The maximum Gasteiger partial charge on any atom is 0.245 e. The number of sulfonamides is 1. The van der Waals surface area contributed by atoms with Crippen molar-refractivity contribution in [3.63, 3.8) is 0 Å². The standard InChI is InChI=1S/C15H21N3O2S.ClH/c1-11-15(13-7-3-4-8-14(13)17(11)2)21(19,20)18-9-5-6-12(18)10-16;/h3-4,7-8,12H,5-6,9-10,16H2,1-2H3;1H. The van der Waals surface area contributed by atoms with E-state index in [-0.39, 0.29) is 18.4 Å². The number of rotatable bonds is 3. The highest BCUT2D eigenvalue weighted by molar-refractivity contribution is 7.89. The minimum absolute atomic E-state index is 0. The summed E-state index contributed by atoms with van der Waals surface area (Å²) in [5.74, 6) is 0. The van der Waals surface area contributed by atoms with E-state index in [1.165, 1.54) is 0 Å². The molecule has 0 radical (unpaired) electrons. The SMILES string of the molecule is Cc1c(S(=O)(=O)N2CCCC2CN)c2ccccc2n1C.Cl. The average molecular weight is 344 g/mol. The monoisotopic (exact) mass is 343 g/mol. The zero-order valence-electron chi connectivity index (χ0n) is 12.8. The molecule has 5 nitrogen and oxygen atoms in total. The smallest absolute Gasteiger partial charge is 0.245 e. The van der Waals surface area contributed by atoms with Crippen molar-refractivity contribution in [2.24, 2.45) is 12.8 Å². The number of halogens is 1. The highest BCUT2D eigenvalue weighted by Crippen LogP contribution is 2.34. The van der Waals surface area contributed by atoms with Crippen molar-refractivity contribution < 1.29 is 8.42 Å². The predicted octanol–water partition coefficient (Wildman–Crippen LogP) is 2.02. The lowest BCUT2D eigenvalue weighted by Gasteiger charge is -2.23. The Labute approximate surface area is 137 Å². The van der Waals surface area contributed by atoms with Crippen LogP contribution in [0.5, 0.6) is 0 Å². The largest absolute Gasteiger partial charge is 0.347 e. The zero-order valence-corrected chi connectivity index (χ0v) is 14.5. The van der Waals surface area contributed by atoms with Crippen LogP contribution in [0.4, 0.5) is 0 Å². The number of para-hydroxylation sites is 1. The van der Waals surface area contributed by atoms with Gasteiger partial charge in [0.15, 0.2) is 0 Å². The molecule has 1 aliphatic rings. The summed E-state index contributed by atoms with van der Waals surface area (Å²) >= 11 is 0. The molecule has 1 aromatic carbocycles. The van der Waals surface area contributed by atoms with Crippen LogP contribution in [-0.2, 0) is 17.1 Å². The van der Waals surface area contributed by atoms with Gasteiger partial charge in [-0.05, 0) is 25.8 Å². The number of nitrogens with two attached hydrogens (primary N) is 1. The van der Waals surface area contributed by atoms with E-state index in [0.29, 0.717) is 18.0 Å². The first kappa shape index (κ1) is 17.3. The summed E-state index contributed by atoms with van der Waals surface area (Å²) in [6, 6.07) is 7.56. The molecule has 2 N–H and O–H groups in total. The highest BCUT2D eigenvalue weighted by Gasteiger charge is 2.37. The fourth-order valence-corrected chi connectivity index (χ4v) is 5.44. The normalized spacial score (nSPS) is 19.5. The molecule has 122 valence electrons. The summed E-state index contributed by atoms with van der Waals surface area (Å²) in [6.07, 6.45) is 1.73. The van der Waals surface area contributed by atoms with E-state index in [2.05, 4.69) is 0 Å². The van der Waals surface area contributed by atoms with Crippen LogP contribution >= 0.6 is 12.4 Å². The van der Waals surface area contributed by atoms with Gasteiger partial charge in [0.25, 0.3) is 0 Å². The van der Waals surface area contributed by atoms with Gasteiger partial charge in [-0.2, -0.15) is 4.31 Å². The number of aryl methyl sites for hydroxylation is 1. The summed E-state index contributed by atoms with van der Waals surface area (Å²) in [4.78, 5) is 0.431. The lowest BCUT2D eigenvalue weighted by Crippen LogP contribution is -2.40. The summed E-state index contributed by atoms with van der Waals surface area (Å²) in [5.41, 5.74) is 7.46. The van der Waals surface area contributed by atoms with Crippen LogP contribution in [0.15, 0.2) is 29.2 Å². The molecule has 1 saturated heterocycles. The molecule has 0 aliphatic carbocycles. The minimum atomic E-state index is -3.50. The Kier molecular flexibility index (Phi) is 4.87. The maximum atomic E-state index is 13.1. The molecule has 2 aromatic rings. The van der Waals surface area contributed by atoms with Gasteiger partial charge in [-0.1, -0.05) is 18.2 Å². The molecule has 1 fully saturated rings. The van der Waals surface area contributed by atoms with Crippen LogP contribution in [0, 0.1) is 6.92 Å². The van der Waals surface area contributed by atoms with E-state index in [4.69, 9.17) is 5.73 Å². The van der Waals surface area contributed by atoms with Gasteiger partial charge < -0.3 is 10.3 Å². The molecule has 3 rings (SSSR count). The summed E-state index contributed by atoms with van der Waals surface area (Å²) < 4.78 is 29.7. The van der Waals surface area contributed by atoms with Gasteiger partial charge in [0.1, 0.15) is 4.90 Å². The molecule has 2 heterocycles. The lowest BCUT2D eigenvalue weighted by atomic mass is 10.2. The fraction of sp³-hybridized carbons (Fsp3) is 0.467. The van der Waals surface area contributed by atoms with E-state index >= 15 is 0 Å². The van der Waals surface area contributed by atoms with Crippen molar-refractivity contribution in [2.45, 2.75) is 30.7 Å². The molecule has 0 spiro atoms. The summed E-state index contributed by atoms with van der Waals surface area (Å²) in [7, 11) is -1.60. The van der Waals surface area contributed by atoms with E-state index in [0.717, 1.165) is 29.4 Å². The van der Waals surface area contributed by atoms with Crippen molar-refractivity contribution in [1.29, 1.82) is 0 Å². The molecule has 1 atom stereocenters. The molecule has 0 bridgehead atoms. The van der Waals surface area contributed by atoms with Crippen LogP contribution in [0.3, 0.4) is 0 Å². The quantitative estimate of drug-likeness (QED) is 0.927. The van der Waals surface area contributed by atoms with E-state index in [9.17, 15) is 8.42 Å². The first-order valence-corrected chi connectivity index (χ1v) is 8.68. The third-order valence-electron chi connectivity index (χ3n) is 4.50. The first-order chi connectivity index (χ1) is 9.98. The van der Waals surface area contributed by atoms with E-state index in [1.54, 1.807) is 4.31 Å². The Hall–Kier alpha value is -1.08. The summed E-state index contributed by atoms with van der Waals surface area (Å²) in [5, 5.41) is 0.792. The van der Waals surface area contributed by atoms with Gasteiger partial charge >= 0.3 is 0 Å². The third-order valence-corrected chi connectivity index (χ3v) is 6.63. The molecule has 1 unspecified atom stereocenters. The minimum Gasteiger partial charge on any atom is -0.347 e. The number of fused-ring (bicyclic) bond motifs is 1. The predicted molar refractivity (Wildman–Crippen MR) is 90.9 cm³/mol. The topological polar surface area (TPSA) is 68.3 Å². The van der Waals surface area contributed by atoms with Crippen LogP contribution in [0.1, 0.15) is 18.5 Å². The number of hydrogen-bond acceptors (Lipinski definition) is 3. The van der Waals surface area contributed by atoms with Gasteiger partial charge in [-0.25, -0.2) is 8.42 Å². The van der Waals surface area contributed by atoms with Crippen molar-refractivity contribution in [3.05, 3.63) is 30.0 Å². The van der Waals surface area contributed by atoms with Crippen LogP contribution in [-0.4, -0.2) is 36.4 Å². The first-order valence-electron chi connectivity index (χ1n) is 7.24. The van der Waals surface area contributed by atoms with Gasteiger partial charge in [0.05, 0.1) is 0 Å². The highest BCUT2D eigenvalue weighted by atomic mass is 35.5. The van der Waals surface area contributed by atoms with Crippen molar-refractivity contribution >= 4 is 33.3 Å². The summed E-state index contributed by atoms with van der Waals surface area (Å²) in [6.45, 7) is 2.80. The fourth-order valence-electron chi connectivity index (χ4n) is 3.29. The maximum absolute atomic E-state index is 13.1. The van der Waals surface area contributed by atoms with Gasteiger partial charge in [0, 0.05) is 42.8 Å². The lowest BCUT2D eigenvalue weighted by molar-refractivity contribution is 0.393. The van der Waals surface area contributed by atoms with Crippen molar-refractivity contribution in [2.75, 3.05) is 13.1 Å². The average Bonchev–Trinajstić information content (AvgIpc) is 3.04. The second-order valence-electron chi connectivity index (χ2n) is 5.64. The zero-order chi connectivity index (χ0) is 15.2. The molecule has 1 aromatic heterocycles. The Morgan fingerprint density at radius 2 is 2.00 bits per heavy atom. The van der Waals surface area contributed by atoms with Gasteiger partial charge in [-0.3, -0.25) is 0 Å². The molecule has 0 amide bonds. The van der Waals surface area contributed by atoms with Crippen LogP contribution in [0.25, 0.3) is 10.9 Å². The third kappa shape index (κ3) is 2.44. The second-order valence-corrected chi connectivity index (χ2v) is 7.47. The number of hydrogen-bond donors (Lipinski definition) is 1. The molecule has 22 heavy (non-hydrogen) atoms. The Balaban J connectivity index is 0.00000176.